The van der Waals surface area contributed by atoms with Gasteiger partial charge < -0.3 is 5.11 Å². The largest absolute Gasteiger partial charge is 0.396 e. The summed E-state index contributed by atoms with van der Waals surface area (Å²) in [4.78, 5) is 0.881. The van der Waals surface area contributed by atoms with Gasteiger partial charge in [0.15, 0.2) is 0 Å². The van der Waals surface area contributed by atoms with Crippen LogP contribution in [0.1, 0.15) is 32.6 Å². The Bertz CT molecular complexity index is 500. The number of aliphatic hydroxyl groups is 1. The van der Waals surface area contributed by atoms with Crippen molar-refractivity contribution in [3.63, 3.8) is 0 Å². The normalized spacial score (nSPS) is 14.6. The number of rotatable bonds is 6. The van der Waals surface area contributed by atoms with E-state index >= 15 is 0 Å². The van der Waals surface area contributed by atoms with Crippen LogP contribution in [0.4, 0.5) is 0 Å². The fraction of sp³-hybridized carbons (Fsp3) is 0.692. The monoisotopic (exact) mass is 305 g/mol. The number of thiophene rings is 1. The van der Waals surface area contributed by atoms with Crippen molar-refractivity contribution in [3.8, 4) is 0 Å². The molecule has 1 atom stereocenters. The van der Waals surface area contributed by atoms with E-state index in [1.165, 1.54) is 11.3 Å². The highest BCUT2D eigenvalue weighted by molar-refractivity contribution is 7.91. The van der Waals surface area contributed by atoms with Crippen LogP contribution in [0.2, 0.25) is 0 Å². The quantitative estimate of drug-likeness (QED) is 0.847. The van der Waals surface area contributed by atoms with E-state index in [4.69, 9.17) is 5.11 Å². The average molecular weight is 305 g/mol. The Balaban J connectivity index is 2.70. The van der Waals surface area contributed by atoms with Gasteiger partial charge in [0.2, 0.25) is 10.0 Å². The first-order valence-corrected chi connectivity index (χ1v) is 8.66. The number of aliphatic hydroxyl groups excluding tert-OH is 1. The number of nitrogens with one attached hydrogen (secondary N) is 1. The van der Waals surface area contributed by atoms with Crippen LogP contribution in [0.3, 0.4) is 0 Å². The molecule has 6 heteroatoms. The van der Waals surface area contributed by atoms with E-state index in [-0.39, 0.29) is 17.9 Å². The predicted octanol–water partition coefficient (Wildman–Crippen LogP) is 2.24. The Morgan fingerprint density at radius 1 is 1.37 bits per heavy atom. The van der Waals surface area contributed by atoms with Gasteiger partial charge in [-0.3, -0.25) is 0 Å². The summed E-state index contributed by atoms with van der Waals surface area (Å²) >= 11 is 1.21. The molecular weight excluding hydrogens is 282 g/mol. The molecule has 0 amide bonds. The van der Waals surface area contributed by atoms with Crippen molar-refractivity contribution >= 4 is 21.4 Å². The maximum atomic E-state index is 12.1. The van der Waals surface area contributed by atoms with Crippen LogP contribution < -0.4 is 4.72 Å². The molecular formula is C13H23NO3S2. The third-order valence-corrected chi connectivity index (χ3v) is 6.38. The van der Waals surface area contributed by atoms with E-state index < -0.39 is 10.0 Å². The van der Waals surface area contributed by atoms with Crippen LogP contribution in [0, 0.1) is 11.3 Å². The van der Waals surface area contributed by atoms with Gasteiger partial charge in [-0.25, -0.2) is 13.1 Å². The van der Waals surface area contributed by atoms with Crippen LogP contribution in [0.5, 0.6) is 0 Å². The van der Waals surface area contributed by atoms with Gasteiger partial charge in [0.25, 0.3) is 0 Å². The highest BCUT2D eigenvalue weighted by Gasteiger charge is 2.23. The minimum absolute atomic E-state index is 0.0362. The summed E-state index contributed by atoms with van der Waals surface area (Å²) in [5, 5.41) is 8.84. The van der Waals surface area contributed by atoms with Gasteiger partial charge in [0.05, 0.1) is 0 Å². The van der Waals surface area contributed by atoms with Crippen molar-refractivity contribution in [2.24, 2.45) is 11.3 Å². The molecule has 0 aliphatic heterocycles. The topological polar surface area (TPSA) is 66.4 Å². The molecule has 0 spiro atoms. The Kier molecular flexibility index (Phi) is 5.55. The van der Waals surface area contributed by atoms with E-state index in [1.807, 2.05) is 6.92 Å². The summed E-state index contributed by atoms with van der Waals surface area (Å²) in [5.74, 6) is 0.249. The van der Waals surface area contributed by atoms with Crippen LogP contribution >= 0.6 is 11.3 Å². The molecule has 19 heavy (non-hydrogen) atoms. The molecule has 1 aromatic heterocycles. The summed E-state index contributed by atoms with van der Waals surface area (Å²) in [7, 11) is -3.43. The van der Waals surface area contributed by atoms with Crippen molar-refractivity contribution in [1.82, 2.24) is 4.72 Å². The van der Waals surface area contributed by atoms with Crippen LogP contribution in [0.25, 0.3) is 0 Å². The van der Waals surface area contributed by atoms with E-state index in [0.29, 0.717) is 17.2 Å². The molecule has 1 aromatic rings. The van der Waals surface area contributed by atoms with Gasteiger partial charge >= 0.3 is 0 Å². The highest BCUT2D eigenvalue weighted by atomic mass is 32.2. The van der Waals surface area contributed by atoms with Crippen LogP contribution in [-0.2, 0) is 16.4 Å². The first kappa shape index (κ1) is 16.6. The van der Waals surface area contributed by atoms with Gasteiger partial charge in [0, 0.05) is 24.4 Å². The molecule has 0 saturated heterocycles. The predicted molar refractivity (Wildman–Crippen MR) is 78.9 cm³/mol. The molecule has 0 saturated carbocycles. The summed E-state index contributed by atoms with van der Waals surface area (Å²) in [6.07, 6.45) is 0.499. The Labute approximate surface area is 119 Å². The van der Waals surface area contributed by atoms with Gasteiger partial charge in [-0.2, -0.15) is 0 Å². The third-order valence-electron chi connectivity index (χ3n) is 3.32. The second-order valence-electron chi connectivity index (χ2n) is 5.81. The fourth-order valence-corrected chi connectivity index (χ4v) is 3.88. The first-order chi connectivity index (χ1) is 8.66. The SMILES string of the molecule is CC(CNS(=O)(=O)c1ccc(CCO)s1)C(C)(C)C. The van der Waals surface area contributed by atoms with E-state index in [0.717, 1.165) is 4.88 Å². The molecule has 2 N–H and O–H groups in total. The summed E-state index contributed by atoms with van der Waals surface area (Å²) in [5.41, 5.74) is 0.0695. The van der Waals surface area contributed by atoms with E-state index in [9.17, 15) is 8.42 Å². The molecule has 0 fully saturated rings. The zero-order chi connectivity index (χ0) is 14.7. The smallest absolute Gasteiger partial charge is 0.250 e. The van der Waals surface area contributed by atoms with Crippen LogP contribution in [0.15, 0.2) is 16.3 Å². The summed E-state index contributed by atoms with van der Waals surface area (Å²) < 4.78 is 27.2. The van der Waals surface area contributed by atoms with Crippen molar-refractivity contribution in [2.75, 3.05) is 13.2 Å². The van der Waals surface area contributed by atoms with Gasteiger partial charge in [-0.05, 0) is 23.5 Å². The van der Waals surface area contributed by atoms with Crippen molar-refractivity contribution in [1.29, 1.82) is 0 Å². The molecule has 1 heterocycles. The Morgan fingerprint density at radius 2 is 2.00 bits per heavy atom. The maximum absolute atomic E-state index is 12.1. The molecule has 0 aliphatic rings. The second-order valence-corrected chi connectivity index (χ2v) is 8.98. The lowest BCUT2D eigenvalue weighted by atomic mass is 9.82. The van der Waals surface area contributed by atoms with Crippen molar-refractivity contribution in [2.45, 2.75) is 38.3 Å². The van der Waals surface area contributed by atoms with Gasteiger partial charge in [-0.15, -0.1) is 11.3 Å². The molecule has 0 radical (unpaired) electrons. The summed E-state index contributed by atoms with van der Waals surface area (Å²) in [6, 6.07) is 3.35. The second kappa shape index (κ2) is 6.35. The molecule has 110 valence electrons. The zero-order valence-electron chi connectivity index (χ0n) is 11.9. The van der Waals surface area contributed by atoms with Crippen molar-refractivity contribution < 1.29 is 13.5 Å². The molecule has 4 nitrogen and oxygen atoms in total. The number of hydrogen-bond donors (Lipinski definition) is 2. The average Bonchev–Trinajstić information content (AvgIpc) is 2.74. The third kappa shape index (κ3) is 4.87. The van der Waals surface area contributed by atoms with Gasteiger partial charge in [0.1, 0.15) is 4.21 Å². The number of sulfonamides is 1. The Hall–Kier alpha value is -0.430. The highest BCUT2D eigenvalue weighted by Crippen LogP contribution is 2.26. The van der Waals surface area contributed by atoms with Crippen molar-refractivity contribution in [3.05, 3.63) is 17.0 Å². The maximum Gasteiger partial charge on any atom is 0.250 e. The minimum atomic E-state index is -3.43. The van der Waals surface area contributed by atoms with Gasteiger partial charge in [-0.1, -0.05) is 27.7 Å². The minimum Gasteiger partial charge on any atom is -0.396 e. The molecule has 0 aliphatic carbocycles. The fourth-order valence-electron chi connectivity index (χ4n) is 1.36. The van der Waals surface area contributed by atoms with E-state index in [1.54, 1.807) is 12.1 Å². The number of hydrogen-bond acceptors (Lipinski definition) is 4. The first-order valence-electron chi connectivity index (χ1n) is 6.36. The van der Waals surface area contributed by atoms with Crippen LogP contribution in [-0.4, -0.2) is 26.7 Å². The molecule has 1 unspecified atom stereocenters. The lowest BCUT2D eigenvalue weighted by Crippen LogP contribution is -2.33. The Morgan fingerprint density at radius 3 is 2.53 bits per heavy atom. The molecule has 0 aromatic carbocycles. The molecule has 1 rings (SSSR count). The lowest BCUT2D eigenvalue weighted by Gasteiger charge is -2.27. The summed E-state index contributed by atoms with van der Waals surface area (Å²) in [6.45, 7) is 8.78. The van der Waals surface area contributed by atoms with E-state index in [2.05, 4.69) is 25.5 Å². The molecule has 0 bridgehead atoms. The standard InChI is InChI=1S/C13H23NO3S2/c1-10(13(2,3)4)9-14-19(16,17)12-6-5-11(18-12)7-8-15/h5-6,10,14-15H,7-9H2,1-4H3. The lowest BCUT2D eigenvalue weighted by molar-refractivity contribution is 0.263. The zero-order valence-corrected chi connectivity index (χ0v) is 13.6.